The molecule has 0 amide bonds. The molecule has 0 atom stereocenters. The van der Waals surface area contributed by atoms with Gasteiger partial charge in [-0.3, -0.25) is 0 Å². The van der Waals surface area contributed by atoms with Crippen molar-refractivity contribution in [3.8, 4) is 5.75 Å². The molecule has 84 valence electrons. The third kappa shape index (κ3) is 3.92. The van der Waals surface area contributed by atoms with Crippen molar-refractivity contribution >= 4 is 0 Å². The van der Waals surface area contributed by atoms with Gasteiger partial charge in [-0.25, -0.2) is 0 Å². The van der Waals surface area contributed by atoms with Crippen LogP contribution in [0.1, 0.15) is 30.4 Å². The molecule has 1 aromatic rings. The summed E-state index contributed by atoms with van der Waals surface area (Å²) >= 11 is 0. The Labute approximate surface area is 91.9 Å². The molecule has 0 radical (unpaired) electrons. The minimum Gasteiger partial charge on any atom is -0.493 e. The van der Waals surface area contributed by atoms with Crippen LogP contribution in [-0.4, -0.2) is 18.3 Å². The Bertz CT molecular complexity index is 274. The highest BCUT2D eigenvalue weighted by atomic mass is 16.5. The highest BCUT2D eigenvalue weighted by molar-refractivity contribution is 5.39. The molecule has 0 heterocycles. The third-order valence-electron chi connectivity index (χ3n) is 2.46. The first-order valence-electron chi connectivity index (χ1n) is 5.55. The van der Waals surface area contributed by atoms with Gasteiger partial charge in [-0.2, -0.15) is 0 Å². The number of aryl methyl sites for hydroxylation is 2. The Morgan fingerprint density at radius 1 is 1.07 bits per heavy atom. The van der Waals surface area contributed by atoms with E-state index in [1.165, 1.54) is 11.1 Å². The number of rotatable bonds is 6. The molecule has 1 rings (SSSR count). The first-order chi connectivity index (χ1) is 7.25. The lowest BCUT2D eigenvalue weighted by atomic mass is 10.1. The van der Waals surface area contributed by atoms with Crippen molar-refractivity contribution < 1.29 is 9.84 Å². The Balaban J connectivity index is 2.37. The van der Waals surface area contributed by atoms with Crippen molar-refractivity contribution in [2.75, 3.05) is 13.2 Å². The topological polar surface area (TPSA) is 29.5 Å². The zero-order valence-corrected chi connectivity index (χ0v) is 9.62. The van der Waals surface area contributed by atoms with E-state index in [4.69, 9.17) is 9.84 Å². The van der Waals surface area contributed by atoms with Crippen LogP contribution in [-0.2, 0) is 0 Å². The van der Waals surface area contributed by atoms with Crippen LogP contribution in [0.15, 0.2) is 18.2 Å². The molecule has 0 aliphatic carbocycles. The Kier molecular flexibility index (Phi) is 5.19. The van der Waals surface area contributed by atoms with Gasteiger partial charge in [0, 0.05) is 6.61 Å². The second-order valence-corrected chi connectivity index (χ2v) is 3.85. The quantitative estimate of drug-likeness (QED) is 0.728. The van der Waals surface area contributed by atoms with Crippen molar-refractivity contribution in [1.29, 1.82) is 0 Å². The van der Waals surface area contributed by atoms with Crippen LogP contribution >= 0.6 is 0 Å². The van der Waals surface area contributed by atoms with E-state index in [0.717, 1.165) is 31.6 Å². The summed E-state index contributed by atoms with van der Waals surface area (Å²) in [5, 5.41) is 8.63. The summed E-state index contributed by atoms with van der Waals surface area (Å²) in [6, 6.07) is 6.18. The highest BCUT2D eigenvalue weighted by Gasteiger charge is 2.01. The fourth-order valence-corrected chi connectivity index (χ4v) is 1.59. The van der Waals surface area contributed by atoms with Gasteiger partial charge in [0.25, 0.3) is 0 Å². The van der Waals surface area contributed by atoms with Crippen molar-refractivity contribution in [3.63, 3.8) is 0 Å². The molecule has 0 aromatic heterocycles. The number of benzene rings is 1. The van der Waals surface area contributed by atoms with Crippen LogP contribution in [0, 0.1) is 13.8 Å². The van der Waals surface area contributed by atoms with Crippen LogP contribution in [0.3, 0.4) is 0 Å². The third-order valence-corrected chi connectivity index (χ3v) is 2.46. The van der Waals surface area contributed by atoms with E-state index in [1.807, 2.05) is 6.07 Å². The second kappa shape index (κ2) is 6.46. The van der Waals surface area contributed by atoms with E-state index in [0.29, 0.717) is 0 Å². The zero-order chi connectivity index (χ0) is 11.1. The molecule has 0 bridgehead atoms. The summed E-state index contributed by atoms with van der Waals surface area (Å²) in [5.74, 6) is 1.02. The van der Waals surface area contributed by atoms with Gasteiger partial charge in [0.2, 0.25) is 0 Å². The number of unbranched alkanes of at least 4 members (excludes halogenated alkanes) is 2. The van der Waals surface area contributed by atoms with Crippen LogP contribution in [0.25, 0.3) is 0 Å². The van der Waals surface area contributed by atoms with E-state index < -0.39 is 0 Å². The molecule has 0 saturated heterocycles. The summed E-state index contributed by atoms with van der Waals surface area (Å²) in [6.45, 7) is 5.15. The van der Waals surface area contributed by atoms with Crippen LogP contribution in [0.5, 0.6) is 5.75 Å². The maximum atomic E-state index is 8.63. The standard InChI is InChI=1S/C13H20O2/c1-11-7-6-8-12(2)13(11)15-10-5-3-4-9-14/h6-8,14H,3-5,9-10H2,1-2H3. The number of para-hydroxylation sites is 1. The molecule has 0 aliphatic rings. The first kappa shape index (κ1) is 12.1. The number of aliphatic hydroxyl groups excluding tert-OH is 1. The zero-order valence-electron chi connectivity index (χ0n) is 9.62. The van der Waals surface area contributed by atoms with Crippen molar-refractivity contribution in [1.82, 2.24) is 0 Å². The second-order valence-electron chi connectivity index (χ2n) is 3.85. The molecule has 0 fully saturated rings. The Hall–Kier alpha value is -1.02. The summed E-state index contributed by atoms with van der Waals surface area (Å²) in [6.07, 6.45) is 2.91. The molecular formula is C13H20O2. The average Bonchev–Trinajstić information content (AvgIpc) is 2.21. The van der Waals surface area contributed by atoms with E-state index in [2.05, 4.69) is 26.0 Å². The predicted octanol–water partition coefficient (Wildman–Crippen LogP) is 2.84. The Morgan fingerprint density at radius 2 is 1.73 bits per heavy atom. The normalized spacial score (nSPS) is 10.3. The molecular weight excluding hydrogens is 188 g/mol. The monoisotopic (exact) mass is 208 g/mol. The van der Waals surface area contributed by atoms with Crippen LogP contribution < -0.4 is 4.74 Å². The lowest BCUT2D eigenvalue weighted by molar-refractivity contribution is 0.265. The van der Waals surface area contributed by atoms with Gasteiger partial charge in [0.1, 0.15) is 5.75 Å². The number of hydrogen-bond acceptors (Lipinski definition) is 2. The predicted molar refractivity (Wildman–Crippen MR) is 62.3 cm³/mol. The van der Waals surface area contributed by atoms with Crippen LogP contribution in [0.2, 0.25) is 0 Å². The summed E-state index contributed by atoms with van der Waals surface area (Å²) in [4.78, 5) is 0. The number of aliphatic hydroxyl groups is 1. The molecule has 0 saturated carbocycles. The summed E-state index contributed by atoms with van der Waals surface area (Å²) in [7, 11) is 0. The molecule has 2 heteroatoms. The van der Waals surface area contributed by atoms with Gasteiger partial charge in [0.15, 0.2) is 0 Å². The fourth-order valence-electron chi connectivity index (χ4n) is 1.59. The first-order valence-corrected chi connectivity index (χ1v) is 5.55. The fraction of sp³-hybridized carbons (Fsp3) is 0.538. The molecule has 0 spiro atoms. The van der Waals surface area contributed by atoms with E-state index in [-0.39, 0.29) is 6.61 Å². The maximum Gasteiger partial charge on any atom is 0.125 e. The lowest BCUT2D eigenvalue weighted by Crippen LogP contribution is -2.00. The number of hydrogen-bond donors (Lipinski definition) is 1. The molecule has 0 aliphatic heterocycles. The smallest absolute Gasteiger partial charge is 0.125 e. The SMILES string of the molecule is Cc1cccc(C)c1OCCCCCO. The largest absolute Gasteiger partial charge is 0.493 e. The average molecular weight is 208 g/mol. The minimum atomic E-state index is 0.281. The summed E-state index contributed by atoms with van der Waals surface area (Å²) < 4.78 is 5.73. The van der Waals surface area contributed by atoms with Gasteiger partial charge in [-0.05, 0) is 44.2 Å². The maximum absolute atomic E-state index is 8.63. The highest BCUT2D eigenvalue weighted by Crippen LogP contribution is 2.22. The molecule has 2 nitrogen and oxygen atoms in total. The van der Waals surface area contributed by atoms with E-state index >= 15 is 0 Å². The van der Waals surface area contributed by atoms with Gasteiger partial charge < -0.3 is 9.84 Å². The van der Waals surface area contributed by atoms with Gasteiger partial charge >= 0.3 is 0 Å². The summed E-state index contributed by atoms with van der Waals surface area (Å²) in [5.41, 5.74) is 2.38. The van der Waals surface area contributed by atoms with Crippen molar-refractivity contribution in [2.45, 2.75) is 33.1 Å². The van der Waals surface area contributed by atoms with Crippen molar-refractivity contribution in [3.05, 3.63) is 29.3 Å². The Morgan fingerprint density at radius 3 is 2.33 bits per heavy atom. The van der Waals surface area contributed by atoms with E-state index in [9.17, 15) is 0 Å². The van der Waals surface area contributed by atoms with Gasteiger partial charge in [-0.1, -0.05) is 18.2 Å². The molecule has 15 heavy (non-hydrogen) atoms. The van der Waals surface area contributed by atoms with E-state index in [1.54, 1.807) is 0 Å². The number of ether oxygens (including phenoxy) is 1. The molecule has 1 aromatic carbocycles. The lowest BCUT2D eigenvalue weighted by Gasteiger charge is -2.11. The minimum absolute atomic E-state index is 0.281. The van der Waals surface area contributed by atoms with Gasteiger partial charge in [0.05, 0.1) is 6.61 Å². The molecule has 1 N–H and O–H groups in total. The van der Waals surface area contributed by atoms with Crippen molar-refractivity contribution in [2.24, 2.45) is 0 Å². The van der Waals surface area contributed by atoms with Crippen LogP contribution in [0.4, 0.5) is 0 Å². The van der Waals surface area contributed by atoms with Gasteiger partial charge in [-0.15, -0.1) is 0 Å². The molecule has 0 unspecified atom stereocenters.